The summed E-state index contributed by atoms with van der Waals surface area (Å²) in [6.07, 6.45) is 5.15. The zero-order valence-electron chi connectivity index (χ0n) is 9.99. The first-order valence-corrected chi connectivity index (χ1v) is 6.83. The first-order chi connectivity index (χ1) is 7.65. The van der Waals surface area contributed by atoms with E-state index in [0.29, 0.717) is 4.83 Å². The van der Waals surface area contributed by atoms with E-state index in [1.54, 1.807) is 0 Å². The van der Waals surface area contributed by atoms with Crippen LogP contribution in [0.1, 0.15) is 24.5 Å². The third kappa shape index (κ3) is 3.05. The lowest BCUT2D eigenvalue weighted by atomic mass is 9.99. The Balaban J connectivity index is 1.95. The van der Waals surface area contributed by atoms with Gasteiger partial charge in [-0.2, -0.15) is 0 Å². The third-order valence-corrected chi connectivity index (χ3v) is 4.58. The number of nitrogens with zero attached hydrogens (tertiary/aromatic N) is 2. The molecule has 2 nitrogen and oxygen atoms in total. The van der Waals surface area contributed by atoms with Crippen LogP contribution in [0, 0.1) is 12.8 Å². The minimum Gasteiger partial charge on any atom is -0.299 e. The van der Waals surface area contributed by atoms with E-state index in [9.17, 15) is 0 Å². The summed E-state index contributed by atoms with van der Waals surface area (Å²) in [4.78, 5) is 7.47. The van der Waals surface area contributed by atoms with E-state index in [4.69, 9.17) is 0 Å². The lowest BCUT2D eigenvalue weighted by Gasteiger charge is -2.34. The van der Waals surface area contributed by atoms with Crippen molar-refractivity contribution >= 4 is 15.9 Å². The molecular weight excluding hydrogens is 264 g/mol. The molecule has 0 N–H and O–H groups in total. The number of likely N-dealkylation sites (tertiary alicyclic amines) is 1. The van der Waals surface area contributed by atoms with Gasteiger partial charge in [-0.05, 0) is 36.9 Å². The fourth-order valence-electron chi connectivity index (χ4n) is 2.31. The predicted octanol–water partition coefficient (Wildman–Crippen LogP) is 3.00. The molecule has 2 heterocycles. The maximum absolute atomic E-state index is 4.25. The van der Waals surface area contributed by atoms with E-state index in [1.807, 2.05) is 12.4 Å². The Kier molecular flexibility index (Phi) is 3.98. The Hall–Kier alpha value is -0.410. The number of alkyl halides is 1. The summed E-state index contributed by atoms with van der Waals surface area (Å²) >= 11 is 3.74. The minimum atomic E-state index is 0.694. The highest BCUT2D eigenvalue weighted by Crippen LogP contribution is 2.24. The van der Waals surface area contributed by atoms with Gasteiger partial charge in [0.25, 0.3) is 0 Å². The van der Waals surface area contributed by atoms with Crippen LogP contribution in [-0.2, 0) is 6.54 Å². The fourth-order valence-corrected chi connectivity index (χ4v) is 2.68. The molecule has 0 aromatic carbocycles. The molecule has 1 fully saturated rings. The molecule has 2 rings (SSSR count). The van der Waals surface area contributed by atoms with Gasteiger partial charge in [0.15, 0.2) is 0 Å². The Morgan fingerprint density at radius 3 is 3.00 bits per heavy atom. The van der Waals surface area contributed by atoms with E-state index in [2.05, 4.69) is 45.7 Å². The van der Waals surface area contributed by atoms with E-state index in [1.165, 1.54) is 30.6 Å². The van der Waals surface area contributed by atoms with Gasteiger partial charge in [-0.3, -0.25) is 9.88 Å². The summed E-state index contributed by atoms with van der Waals surface area (Å²) in [6.45, 7) is 7.83. The van der Waals surface area contributed by atoms with Crippen LogP contribution in [0.15, 0.2) is 18.5 Å². The molecule has 1 aromatic heterocycles. The second-order valence-corrected chi connectivity index (χ2v) is 6.06. The number of aryl methyl sites for hydroxylation is 1. The lowest BCUT2D eigenvalue weighted by Crippen LogP contribution is -2.39. The van der Waals surface area contributed by atoms with Crippen molar-refractivity contribution in [2.75, 3.05) is 13.1 Å². The van der Waals surface area contributed by atoms with Crippen LogP contribution in [0.3, 0.4) is 0 Å². The molecule has 1 aliphatic heterocycles. The normalized spacial score (nSPS) is 26.9. The van der Waals surface area contributed by atoms with Crippen molar-refractivity contribution in [1.82, 2.24) is 9.88 Å². The van der Waals surface area contributed by atoms with Crippen LogP contribution in [0.5, 0.6) is 0 Å². The Labute approximate surface area is 106 Å². The van der Waals surface area contributed by atoms with E-state index >= 15 is 0 Å². The SMILES string of the molecule is Cc1cncc(CN2CCC(Br)C(C)C2)c1. The maximum atomic E-state index is 4.25. The van der Waals surface area contributed by atoms with Gasteiger partial charge in [-0.1, -0.05) is 28.9 Å². The number of rotatable bonds is 2. The van der Waals surface area contributed by atoms with Gasteiger partial charge < -0.3 is 0 Å². The van der Waals surface area contributed by atoms with Gasteiger partial charge in [-0.25, -0.2) is 0 Å². The monoisotopic (exact) mass is 282 g/mol. The van der Waals surface area contributed by atoms with Crippen molar-refractivity contribution < 1.29 is 0 Å². The van der Waals surface area contributed by atoms with Crippen LogP contribution in [-0.4, -0.2) is 27.8 Å². The lowest BCUT2D eigenvalue weighted by molar-refractivity contribution is 0.183. The van der Waals surface area contributed by atoms with Crippen LogP contribution in [0.2, 0.25) is 0 Å². The van der Waals surface area contributed by atoms with Gasteiger partial charge in [0.2, 0.25) is 0 Å². The minimum absolute atomic E-state index is 0.694. The Bertz CT molecular complexity index is 354. The number of halogens is 1. The smallest absolute Gasteiger partial charge is 0.0313 e. The van der Waals surface area contributed by atoms with Gasteiger partial charge in [0.1, 0.15) is 0 Å². The molecule has 0 radical (unpaired) electrons. The second kappa shape index (κ2) is 5.28. The molecule has 0 amide bonds. The van der Waals surface area contributed by atoms with E-state index in [0.717, 1.165) is 12.5 Å². The zero-order valence-corrected chi connectivity index (χ0v) is 11.6. The summed E-state index contributed by atoms with van der Waals surface area (Å²) in [5.41, 5.74) is 2.58. The number of pyridine rings is 1. The quantitative estimate of drug-likeness (QED) is 0.776. The number of hydrogen-bond donors (Lipinski definition) is 0. The maximum Gasteiger partial charge on any atom is 0.0313 e. The van der Waals surface area contributed by atoms with Crippen LogP contribution in [0.25, 0.3) is 0 Å². The van der Waals surface area contributed by atoms with Crippen LogP contribution in [0.4, 0.5) is 0 Å². The zero-order chi connectivity index (χ0) is 11.5. The van der Waals surface area contributed by atoms with Gasteiger partial charge in [0, 0.05) is 30.3 Å². The van der Waals surface area contributed by atoms with Crippen molar-refractivity contribution in [1.29, 1.82) is 0 Å². The number of aromatic nitrogens is 1. The van der Waals surface area contributed by atoms with E-state index < -0.39 is 0 Å². The van der Waals surface area contributed by atoms with E-state index in [-0.39, 0.29) is 0 Å². The van der Waals surface area contributed by atoms with Crippen molar-refractivity contribution in [3.05, 3.63) is 29.6 Å². The summed E-state index contributed by atoms with van der Waals surface area (Å²) < 4.78 is 0. The standard InChI is InChI=1S/C13H19BrN2/c1-10-5-12(7-15-6-10)9-16-4-3-13(14)11(2)8-16/h5-7,11,13H,3-4,8-9H2,1-2H3. The molecule has 1 aromatic rings. The summed E-state index contributed by atoms with van der Waals surface area (Å²) in [7, 11) is 0. The molecule has 0 aliphatic carbocycles. The highest BCUT2D eigenvalue weighted by Gasteiger charge is 2.23. The van der Waals surface area contributed by atoms with Crippen LogP contribution >= 0.6 is 15.9 Å². The fraction of sp³-hybridized carbons (Fsp3) is 0.615. The van der Waals surface area contributed by atoms with Crippen molar-refractivity contribution in [2.24, 2.45) is 5.92 Å². The van der Waals surface area contributed by atoms with Crippen LogP contribution < -0.4 is 0 Å². The highest BCUT2D eigenvalue weighted by atomic mass is 79.9. The Morgan fingerprint density at radius 1 is 1.50 bits per heavy atom. The second-order valence-electron chi connectivity index (χ2n) is 4.89. The molecular formula is C13H19BrN2. The van der Waals surface area contributed by atoms with Crippen molar-refractivity contribution in [3.8, 4) is 0 Å². The summed E-state index contributed by atoms with van der Waals surface area (Å²) in [5.74, 6) is 0.742. The molecule has 2 unspecified atom stereocenters. The van der Waals surface area contributed by atoms with Crippen molar-refractivity contribution in [2.45, 2.75) is 31.6 Å². The average Bonchev–Trinajstić information content (AvgIpc) is 2.24. The predicted molar refractivity (Wildman–Crippen MR) is 70.7 cm³/mol. The molecule has 0 saturated carbocycles. The largest absolute Gasteiger partial charge is 0.299 e. The van der Waals surface area contributed by atoms with Gasteiger partial charge in [-0.15, -0.1) is 0 Å². The third-order valence-electron chi connectivity index (χ3n) is 3.22. The highest BCUT2D eigenvalue weighted by molar-refractivity contribution is 9.09. The Morgan fingerprint density at radius 2 is 2.31 bits per heavy atom. The van der Waals surface area contributed by atoms with Crippen molar-refractivity contribution in [3.63, 3.8) is 0 Å². The summed E-state index contributed by atoms with van der Waals surface area (Å²) in [5, 5.41) is 0. The van der Waals surface area contributed by atoms with Gasteiger partial charge in [0.05, 0.1) is 0 Å². The topological polar surface area (TPSA) is 16.1 Å². The molecule has 0 bridgehead atoms. The molecule has 2 atom stereocenters. The molecule has 3 heteroatoms. The number of piperidine rings is 1. The molecule has 1 saturated heterocycles. The number of hydrogen-bond acceptors (Lipinski definition) is 2. The molecule has 0 spiro atoms. The summed E-state index contributed by atoms with van der Waals surface area (Å²) in [6, 6.07) is 2.23. The molecule has 16 heavy (non-hydrogen) atoms. The average molecular weight is 283 g/mol. The molecule has 88 valence electrons. The van der Waals surface area contributed by atoms with Gasteiger partial charge >= 0.3 is 0 Å². The first kappa shape index (κ1) is 12.1. The first-order valence-electron chi connectivity index (χ1n) is 5.92. The molecule has 1 aliphatic rings.